The lowest BCUT2D eigenvalue weighted by atomic mass is 9.87. The molecule has 1 aliphatic rings. The zero-order valence-corrected chi connectivity index (χ0v) is 34.7. The van der Waals surface area contributed by atoms with Gasteiger partial charge in [-0.25, -0.2) is 28.6 Å². The van der Waals surface area contributed by atoms with Crippen molar-refractivity contribution in [2.24, 2.45) is 5.41 Å². The molecule has 2 amide bonds. The summed E-state index contributed by atoms with van der Waals surface area (Å²) < 4.78 is 62.1. The van der Waals surface area contributed by atoms with Gasteiger partial charge < -0.3 is 56.0 Å². The van der Waals surface area contributed by atoms with Gasteiger partial charge in [-0.15, -0.1) is 0 Å². The highest BCUT2D eigenvalue weighted by molar-refractivity contribution is 8.13. The third-order valence-electron chi connectivity index (χ3n) is 8.31. The number of aromatic nitrogens is 4. The predicted octanol–water partition coefficient (Wildman–Crippen LogP) is -0.212. The smallest absolute Gasteiger partial charge is 0.388 e. The first kappa shape index (κ1) is 48.4. The second kappa shape index (κ2) is 20.5. The number of nitrogens with two attached hydrogens (primary N) is 1. The predicted molar refractivity (Wildman–Crippen MR) is 203 cm³/mol. The van der Waals surface area contributed by atoms with Crippen molar-refractivity contribution in [3.63, 3.8) is 0 Å². The van der Waals surface area contributed by atoms with Gasteiger partial charge in [0.2, 0.25) is 11.8 Å². The maximum absolute atomic E-state index is 12.7. The molecule has 25 nitrogen and oxygen atoms in total. The van der Waals surface area contributed by atoms with Crippen molar-refractivity contribution in [2.45, 2.75) is 63.4 Å². The topological polar surface area (TPSA) is 384 Å². The molecule has 29 heteroatoms. The Kier molecular flexibility index (Phi) is 16.8. The minimum absolute atomic E-state index is 0.0243. The molecule has 3 aromatic rings. The summed E-state index contributed by atoms with van der Waals surface area (Å²) in [5.41, 5.74) is 4.83. The fourth-order valence-electron chi connectivity index (χ4n) is 5.30. The quantitative estimate of drug-likeness (QED) is 0.0460. The number of imidazole rings is 1. The zero-order chi connectivity index (χ0) is 43.8. The van der Waals surface area contributed by atoms with Crippen molar-refractivity contribution in [2.75, 3.05) is 37.8 Å². The molecule has 1 aromatic carbocycles. The van der Waals surface area contributed by atoms with E-state index in [-0.39, 0.29) is 53.8 Å². The number of anilines is 1. The SMILES string of the molecule is CC(C)(COP(=O)(O)OP(=O)(O)OC[C@H]1O[C@@H](n2cnc3c(N)ncnc32)[C@H](O)[C@@H]1OP(=O)(O)O)[C@@H](O)C(=O)NCCC(=O)NCCSC(=O)CC(O)c1ccccc1. The monoisotopic (exact) mass is 915 g/mol. The minimum Gasteiger partial charge on any atom is -0.388 e. The van der Waals surface area contributed by atoms with Crippen LogP contribution in [0, 0.1) is 5.41 Å². The molecule has 328 valence electrons. The first-order valence-electron chi connectivity index (χ1n) is 17.3. The van der Waals surface area contributed by atoms with Crippen LogP contribution in [0.25, 0.3) is 11.2 Å². The van der Waals surface area contributed by atoms with Gasteiger partial charge in [0.05, 0.1) is 25.6 Å². The highest BCUT2D eigenvalue weighted by Crippen LogP contribution is 2.61. The molecule has 2 aromatic heterocycles. The summed E-state index contributed by atoms with van der Waals surface area (Å²) in [4.78, 5) is 87.9. The van der Waals surface area contributed by atoms with Crippen molar-refractivity contribution in [1.82, 2.24) is 30.2 Å². The van der Waals surface area contributed by atoms with Gasteiger partial charge in [0.15, 0.2) is 22.8 Å². The number of carbonyl (C=O) groups is 3. The van der Waals surface area contributed by atoms with E-state index in [1.807, 2.05) is 0 Å². The van der Waals surface area contributed by atoms with E-state index < -0.39 is 90.7 Å². The summed E-state index contributed by atoms with van der Waals surface area (Å²) in [7, 11) is -16.4. The molecule has 1 saturated heterocycles. The number of fused-ring (bicyclic) bond motifs is 1. The molecule has 3 heterocycles. The number of carbonyl (C=O) groups excluding carboxylic acids is 3. The molecule has 0 bridgehead atoms. The number of hydrogen-bond donors (Lipinski definition) is 10. The molecule has 0 spiro atoms. The Labute approximate surface area is 339 Å². The van der Waals surface area contributed by atoms with Crippen LogP contribution in [0.15, 0.2) is 43.0 Å². The lowest BCUT2D eigenvalue weighted by molar-refractivity contribution is -0.137. The second-order valence-corrected chi connectivity index (χ2v) is 18.8. The fourth-order valence-corrected chi connectivity index (χ4v) is 8.84. The second-order valence-electron chi connectivity index (χ2n) is 13.4. The number of amides is 2. The van der Waals surface area contributed by atoms with E-state index in [2.05, 4.69) is 34.4 Å². The molecule has 0 aliphatic carbocycles. The van der Waals surface area contributed by atoms with Gasteiger partial charge in [0.1, 0.15) is 36.3 Å². The number of nitrogens with one attached hydrogen (secondary N) is 2. The Morgan fingerprint density at radius 3 is 2.36 bits per heavy atom. The maximum Gasteiger partial charge on any atom is 0.481 e. The van der Waals surface area contributed by atoms with Gasteiger partial charge in [0, 0.05) is 37.1 Å². The molecule has 11 N–H and O–H groups in total. The zero-order valence-electron chi connectivity index (χ0n) is 31.2. The van der Waals surface area contributed by atoms with Crippen LogP contribution >= 0.6 is 35.2 Å². The fraction of sp³-hybridized carbons (Fsp3) is 0.533. The van der Waals surface area contributed by atoms with Crippen LogP contribution in [0.3, 0.4) is 0 Å². The van der Waals surface area contributed by atoms with Crippen LogP contribution in [-0.2, 0) is 50.7 Å². The number of nitrogens with zero attached hydrogens (tertiary/aromatic N) is 4. The van der Waals surface area contributed by atoms with Gasteiger partial charge in [-0.3, -0.25) is 32.5 Å². The van der Waals surface area contributed by atoms with E-state index in [9.17, 15) is 63.0 Å². The largest absolute Gasteiger partial charge is 0.481 e. The van der Waals surface area contributed by atoms with E-state index >= 15 is 0 Å². The first-order chi connectivity index (χ1) is 27.5. The third kappa shape index (κ3) is 14.4. The molecule has 0 radical (unpaired) electrons. The molecular weight excluding hydrogens is 871 g/mol. The average Bonchev–Trinajstić information content (AvgIpc) is 3.71. The molecule has 8 atom stereocenters. The lowest BCUT2D eigenvalue weighted by Gasteiger charge is -2.30. The number of hydrogen-bond acceptors (Lipinski definition) is 19. The number of phosphoric ester groups is 3. The number of benzene rings is 1. The Hall–Kier alpha value is -3.26. The molecular formula is C30H44N7O18P3S. The third-order valence-corrected chi connectivity index (χ3v) is 12.3. The summed E-state index contributed by atoms with van der Waals surface area (Å²) in [6.45, 7) is 0.315. The van der Waals surface area contributed by atoms with Crippen molar-refractivity contribution in [1.29, 1.82) is 0 Å². The average molecular weight is 916 g/mol. The van der Waals surface area contributed by atoms with Gasteiger partial charge >= 0.3 is 23.5 Å². The van der Waals surface area contributed by atoms with Gasteiger partial charge in [-0.2, -0.15) is 4.31 Å². The summed E-state index contributed by atoms with van der Waals surface area (Å²) in [5.74, 6) is -1.30. The van der Waals surface area contributed by atoms with Crippen LogP contribution in [0.5, 0.6) is 0 Å². The van der Waals surface area contributed by atoms with Crippen LogP contribution in [-0.4, -0.2) is 128 Å². The van der Waals surface area contributed by atoms with Crippen molar-refractivity contribution < 1.29 is 85.6 Å². The summed E-state index contributed by atoms with van der Waals surface area (Å²) in [5, 5.41) is 36.2. The van der Waals surface area contributed by atoms with Crippen LogP contribution < -0.4 is 16.4 Å². The van der Waals surface area contributed by atoms with Gasteiger partial charge in [-0.05, 0) is 5.56 Å². The lowest BCUT2D eigenvalue weighted by Crippen LogP contribution is -2.46. The standard InChI is InChI=1S/C30H44N7O18P3S/c1-30(2,25(42)28(43)33-9-8-20(39)32-10-11-59-21(40)12-18(38)17-6-4-3-5-7-17)14-52-58(49,50)55-57(47,48)51-13-19-24(54-56(44,45)46)23(41)29(53-19)37-16-36-22-26(31)34-15-35-27(22)37/h3-7,15-16,18-19,23-25,29,38,41-42H,8-14H2,1-2H3,(H,32,39)(H,33,43)(H,47,48)(H,49,50)(H2,31,34,35)(H2,44,45,46)/t18?,19-,23-,24-,25+,29-/m1/s1. The molecule has 1 aliphatic heterocycles. The van der Waals surface area contributed by atoms with Crippen LogP contribution in [0.1, 0.15) is 44.6 Å². The molecule has 1 fully saturated rings. The number of rotatable bonds is 22. The van der Waals surface area contributed by atoms with Crippen molar-refractivity contribution in [3.05, 3.63) is 48.5 Å². The first-order valence-corrected chi connectivity index (χ1v) is 22.8. The highest BCUT2D eigenvalue weighted by Gasteiger charge is 2.50. The van der Waals surface area contributed by atoms with E-state index in [4.69, 9.17) is 19.5 Å². The van der Waals surface area contributed by atoms with Crippen LogP contribution in [0.2, 0.25) is 0 Å². The van der Waals surface area contributed by atoms with E-state index in [0.717, 1.165) is 29.0 Å². The summed E-state index contributed by atoms with van der Waals surface area (Å²) in [6, 6.07) is 8.66. The van der Waals surface area contributed by atoms with Crippen molar-refractivity contribution >= 4 is 69.1 Å². The van der Waals surface area contributed by atoms with Crippen molar-refractivity contribution in [3.8, 4) is 0 Å². The molecule has 4 rings (SSSR count). The molecule has 59 heavy (non-hydrogen) atoms. The number of aliphatic hydroxyl groups excluding tert-OH is 3. The Balaban J connectivity index is 1.20. The normalized spacial score (nSPS) is 21.6. The van der Waals surface area contributed by atoms with E-state index in [0.29, 0.717) is 5.56 Å². The number of thioether (sulfide) groups is 1. The summed E-state index contributed by atoms with van der Waals surface area (Å²) >= 11 is 0.933. The summed E-state index contributed by atoms with van der Waals surface area (Å²) in [6.07, 6.45) is -8.09. The van der Waals surface area contributed by atoms with Gasteiger partial charge in [-0.1, -0.05) is 55.9 Å². The Morgan fingerprint density at radius 1 is 1.00 bits per heavy atom. The van der Waals surface area contributed by atoms with E-state index in [1.165, 1.54) is 13.8 Å². The highest BCUT2D eigenvalue weighted by atomic mass is 32.2. The number of phosphoric acid groups is 3. The number of nitrogen functional groups attached to an aromatic ring is 1. The minimum atomic E-state index is -5.58. The molecule has 3 unspecified atom stereocenters. The maximum atomic E-state index is 12.7. The number of ether oxygens (including phenoxy) is 1. The van der Waals surface area contributed by atoms with Crippen LogP contribution in [0.4, 0.5) is 5.82 Å². The molecule has 0 saturated carbocycles. The van der Waals surface area contributed by atoms with Gasteiger partial charge in [0.25, 0.3) is 0 Å². The Morgan fingerprint density at radius 2 is 1.68 bits per heavy atom. The Bertz CT molecular complexity index is 2080. The number of aliphatic hydroxyl groups is 3. The van der Waals surface area contributed by atoms with E-state index in [1.54, 1.807) is 30.3 Å².